The highest BCUT2D eigenvalue weighted by molar-refractivity contribution is 7.99. The van der Waals surface area contributed by atoms with E-state index in [-0.39, 0.29) is 22.6 Å². The summed E-state index contributed by atoms with van der Waals surface area (Å²) in [6, 6.07) is 11.8. The molecule has 1 aromatic heterocycles. The van der Waals surface area contributed by atoms with E-state index in [9.17, 15) is 18.4 Å². The molecule has 0 bridgehead atoms. The number of halogens is 2. The normalized spacial score (nSPS) is 13.8. The van der Waals surface area contributed by atoms with Crippen LogP contribution in [0, 0.1) is 11.6 Å². The minimum atomic E-state index is -0.788. The topological polar surface area (TPSA) is 88.9 Å². The molecule has 10 heteroatoms. The van der Waals surface area contributed by atoms with E-state index in [1.807, 2.05) is 6.07 Å². The zero-order valence-electron chi connectivity index (χ0n) is 17.1. The number of urea groups is 1. The van der Waals surface area contributed by atoms with E-state index in [0.717, 1.165) is 49.6 Å². The number of nitrogens with zero attached hydrogens (tertiary/aromatic N) is 3. The number of aromatic nitrogens is 3. The maximum Gasteiger partial charge on any atom is 0.321 e. The van der Waals surface area contributed by atoms with E-state index in [4.69, 9.17) is 0 Å². The lowest BCUT2D eigenvalue weighted by molar-refractivity contribution is -0.117. The third-order valence-electron chi connectivity index (χ3n) is 5.09. The molecule has 1 heterocycles. The van der Waals surface area contributed by atoms with Crippen molar-refractivity contribution in [1.82, 2.24) is 25.4 Å². The fourth-order valence-corrected chi connectivity index (χ4v) is 4.35. The van der Waals surface area contributed by atoms with Gasteiger partial charge in [0, 0.05) is 17.7 Å². The Kier molecular flexibility index (Phi) is 6.79. The number of thioether (sulfide) groups is 1. The van der Waals surface area contributed by atoms with Crippen molar-refractivity contribution in [1.29, 1.82) is 0 Å². The Morgan fingerprint density at radius 1 is 1.06 bits per heavy atom. The van der Waals surface area contributed by atoms with Crippen LogP contribution in [-0.2, 0) is 4.79 Å². The first kappa shape index (κ1) is 21.9. The number of rotatable bonds is 6. The number of hydrogen-bond donors (Lipinski definition) is 2. The molecule has 2 N–H and O–H groups in total. The van der Waals surface area contributed by atoms with Crippen LogP contribution in [0.4, 0.5) is 13.6 Å². The third-order valence-corrected chi connectivity index (χ3v) is 6.02. The van der Waals surface area contributed by atoms with Crippen molar-refractivity contribution in [2.45, 2.75) is 36.9 Å². The number of carbonyl (C=O) groups is 2. The second-order valence-corrected chi connectivity index (χ2v) is 8.34. The first-order chi connectivity index (χ1) is 15.5. The first-order valence-corrected chi connectivity index (χ1v) is 11.2. The van der Waals surface area contributed by atoms with Gasteiger partial charge in [0.05, 0.1) is 11.4 Å². The van der Waals surface area contributed by atoms with Crippen LogP contribution in [0.3, 0.4) is 0 Å². The van der Waals surface area contributed by atoms with Gasteiger partial charge < -0.3 is 5.32 Å². The molecule has 166 valence electrons. The van der Waals surface area contributed by atoms with E-state index in [2.05, 4.69) is 20.8 Å². The molecule has 7 nitrogen and oxygen atoms in total. The predicted molar refractivity (Wildman–Crippen MR) is 116 cm³/mol. The summed E-state index contributed by atoms with van der Waals surface area (Å²) >= 11 is 1.00. The Bertz CT molecular complexity index is 1120. The molecule has 2 aromatic carbocycles. The van der Waals surface area contributed by atoms with Crippen LogP contribution in [0.25, 0.3) is 17.1 Å². The Balaban J connectivity index is 1.52. The van der Waals surface area contributed by atoms with Gasteiger partial charge in [0.1, 0.15) is 11.6 Å². The average molecular weight is 458 g/mol. The smallest absolute Gasteiger partial charge is 0.321 e. The van der Waals surface area contributed by atoms with E-state index in [1.165, 1.54) is 10.6 Å². The number of nitrogens with one attached hydrogen (secondary N) is 2. The van der Waals surface area contributed by atoms with Crippen LogP contribution >= 0.6 is 11.8 Å². The minimum absolute atomic E-state index is 0.0529. The average Bonchev–Trinajstić information content (AvgIpc) is 3.43. The summed E-state index contributed by atoms with van der Waals surface area (Å²) in [6.45, 7) is 0. The SMILES string of the molecule is O=C(CSc1nnc(-c2ccccc2)n1-c1ccc(F)cc1F)NC(=O)NC1CCCC1. The molecule has 1 aliphatic rings. The van der Waals surface area contributed by atoms with E-state index < -0.39 is 23.6 Å². The quantitative estimate of drug-likeness (QED) is 0.545. The van der Waals surface area contributed by atoms with E-state index in [0.29, 0.717) is 11.4 Å². The van der Waals surface area contributed by atoms with Crippen molar-refractivity contribution in [3.63, 3.8) is 0 Å². The number of carbonyl (C=O) groups excluding carboxylic acids is 2. The Morgan fingerprint density at radius 2 is 1.81 bits per heavy atom. The van der Waals surface area contributed by atoms with E-state index >= 15 is 0 Å². The molecule has 0 aliphatic heterocycles. The summed E-state index contributed by atoms with van der Waals surface area (Å²) in [7, 11) is 0. The monoisotopic (exact) mass is 457 g/mol. The Hall–Kier alpha value is -3.27. The maximum absolute atomic E-state index is 14.6. The lowest BCUT2D eigenvalue weighted by Crippen LogP contribution is -2.44. The third kappa shape index (κ3) is 5.13. The summed E-state index contributed by atoms with van der Waals surface area (Å²) in [5, 5.41) is 13.6. The van der Waals surface area contributed by atoms with Gasteiger partial charge >= 0.3 is 6.03 Å². The number of benzene rings is 2. The minimum Gasteiger partial charge on any atom is -0.335 e. The van der Waals surface area contributed by atoms with Crippen molar-refractivity contribution in [2.24, 2.45) is 0 Å². The molecular formula is C22H21F2N5O2S. The Labute approximate surface area is 187 Å². The molecule has 0 radical (unpaired) electrons. The first-order valence-electron chi connectivity index (χ1n) is 10.2. The molecule has 0 spiro atoms. The molecule has 32 heavy (non-hydrogen) atoms. The molecule has 0 atom stereocenters. The highest BCUT2D eigenvalue weighted by atomic mass is 32.2. The van der Waals surface area contributed by atoms with Crippen LogP contribution in [0.1, 0.15) is 25.7 Å². The van der Waals surface area contributed by atoms with Crippen molar-refractivity contribution in [3.8, 4) is 17.1 Å². The van der Waals surface area contributed by atoms with Gasteiger partial charge in [0.2, 0.25) is 5.91 Å². The van der Waals surface area contributed by atoms with Gasteiger partial charge in [-0.25, -0.2) is 13.6 Å². The number of hydrogen-bond acceptors (Lipinski definition) is 5. The van der Waals surface area contributed by atoms with Gasteiger partial charge in [-0.1, -0.05) is 54.9 Å². The van der Waals surface area contributed by atoms with Crippen LogP contribution in [-0.4, -0.2) is 38.5 Å². The molecule has 0 saturated heterocycles. The molecular weight excluding hydrogens is 436 g/mol. The van der Waals surface area contributed by atoms with Crippen LogP contribution in [0.15, 0.2) is 53.7 Å². The van der Waals surface area contributed by atoms with Gasteiger partial charge in [-0.05, 0) is 25.0 Å². The standard InChI is InChI=1S/C22H21F2N5O2S/c23-15-10-11-18(17(24)12-15)29-20(14-6-2-1-3-7-14)27-28-22(29)32-13-19(30)26-21(31)25-16-8-4-5-9-16/h1-3,6-7,10-12,16H,4-5,8-9,13H2,(H2,25,26,30,31). The van der Waals surface area contributed by atoms with Gasteiger partial charge in [-0.2, -0.15) is 0 Å². The molecule has 1 saturated carbocycles. The maximum atomic E-state index is 14.6. The van der Waals surface area contributed by atoms with Crippen molar-refractivity contribution < 1.29 is 18.4 Å². The molecule has 3 aromatic rings. The summed E-state index contributed by atoms with van der Waals surface area (Å²) in [4.78, 5) is 24.3. The Morgan fingerprint density at radius 3 is 2.53 bits per heavy atom. The molecule has 1 fully saturated rings. The highest BCUT2D eigenvalue weighted by Gasteiger charge is 2.21. The van der Waals surface area contributed by atoms with Crippen molar-refractivity contribution in [3.05, 3.63) is 60.2 Å². The number of amides is 3. The van der Waals surface area contributed by atoms with Crippen LogP contribution in [0.2, 0.25) is 0 Å². The summed E-state index contributed by atoms with van der Waals surface area (Å²) in [6.07, 6.45) is 3.94. The second kappa shape index (κ2) is 9.90. The summed E-state index contributed by atoms with van der Waals surface area (Å²) in [5.74, 6) is -1.79. The lowest BCUT2D eigenvalue weighted by Gasteiger charge is -2.13. The molecule has 3 amide bonds. The fourth-order valence-electron chi connectivity index (χ4n) is 3.60. The largest absolute Gasteiger partial charge is 0.335 e. The zero-order valence-corrected chi connectivity index (χ0v) is 17.9. The fraction of sp³-hybridized carbons (Fsp3) is 0.273. The van der Waals surface area contributed by atoms with Gasteiger partial charge in [0.15, 0.2) is 11.0 Å². The van der Waals surface area contributed by atoms with Gasteiger partial charge in [0.25, 0.3) is 0 Å². The highest BCUT2D eigenvalue weighted by Crippen LogP contribution is 2.29. The van der Waals surface area contributed by atoms with Crippen LogP contribution in [0.5, 0.6) is 0 Å². The summed E-state index contributed by atoms with van der Waals surface area (Å²) in [5.41, 5.74) is 0.730. The molecule has 0 unspecified atom stereocenters. The van der Waals surface area contributed by atoms with Crippen molar-refractivity contribution >= 4 is 23.7 Å². The molecule has 1 aliphatic carbocycles. The zero-order chi connectivity index (χ0) is 22.5. The number of imide groups is 1. The van der Waals surface area contributed by atoms with Crippen molar-refractivity contribution in [2.75, 3.05) is 5.75 Å². The van der Waals surface area contributed by atoms with Gasteiger partial charge in [-0.15, -0.1) is 10.2 Å². The predicted octanol–water partition coefficient (Wildman–Crippen LogP) is 4.07. The lowest BCUT2D eigenvalue weighted by atomic mass is 10.2. The van der Waals surface area contributed by atoms with E-state index in [1.54, 1.807) is 24.3 Å². The summed E-state index contributed by atoms with van der Waals surface area (Å²) < 4.78 is 29.5. The molecule has 4 rings (SSSR count). The van der Waals surface area contributed by atoms with Crippen LogP contribution < -0.4 is 10.6 Å². The second-order valence-electron chi connectivity index (χ2n) is 7.40. The van der Waals surface area contributed by atoms with Gasteiger partial charge in [-0.3, -0.25) is 14.7 Å².